The highest BCUT2D eigenvalue weighted by Crippen LogP contribution is 2.26. The maximum Gasteiger partial charge on any atom is 0.243 e. The molecule has 3 rings (SSSR count). The summed E-state index contributed by atoms with van der Waals surface area (Å²) in [5.41, 5.74) is 3.62. The van der Waals surface area contributed by atoms with E-state index in [1.54, 1.807) is 10.4 Å². The van der Waals surface area contributed by atoms with E-state index in [4.69, 9.17) is 0 Å². The van der Waals surface area contributed by atoms with Crippen molar-refractivity contribution < 1.29 is 8.42 Å². The molecule has 0 bridgehead atoms. The second kappa shape index (κ2) is 8.88. The maximum absolute atomic E-state index is 13.2. The summed E-state index contributed by atoms with van der Waals surface area (Å²) >= 11 is 3.44. The molecule has 2 aromatic carbocycles. The average molecular weight is 479 g/mol. The van der Waals surface area contributed by atoms with E-state index in [9.17, 15) is 8.42 Å². The van der Waals surface area contributed by atoms with Gasteiger partial charge in [0.25, 0.3) is 0 Å². The molecule has 0 radical (unpaired) electrons. The van der Waals surface area contributed by atoms with Crippen molar-refractivity contribution in [1.29, 1.82) is 0 Å². The van der Waals surface area contributed by atoms with E-state index < -0.39 is 10.0 Å². The first-order chi connectivity index (χ1) is 13.6. The van der Waals surface area contributed by atoms with Gasteiger partial charge in [-0.3, -0.25) is 4.90 Å². The molecule has 0 spiro atoms. The Morgan fingerprint density at radius 2 is 1.59 bits per heavy atom. The molecule has 0 aliphatic carbocycles. The lowest BCUT2D eigenvalue weighted by Gasteiger charge is -2.34. The van der Waals surface area contributed by atoms with Crippen LogP contribution in [0.15, 0.2) is 51.8 Å². The van der Waals surface area contributed by atoms with Crippen LogP contribution in [-0.4, -0.2) is 43.8 Å². The number of piperazine rings is 1. The number of aryl methyl sites for hydroxylation is 1. The van der Waals surface area contributed by atoms with Crippen LogP contribution in [0.1, 0.15) is 44.4 Å². The molecule has 158 valence electrons. The minimum atomic E-state index is -3.45. The molecule has 0 aromatic heterocycles. The van der Waals surface area contributed by atoms with Crippen LogP contribution in [0.25, 0.3) is 0 Å². The monoisotopic (exact) mass is 478 g/mol. The Kier molecular flexibility index (Phi) is 6.88. The summed E-state index contributed by atoms with van der Waals surface area (Å²) in [6.45, 7) is 12.1. The van der Waals surface area contributed by atoms with E-state index in [0.29, 0.717) is 24.4 Å². The van der Waals surface area contributed by atoms with Gasteiger partial charge < -0.3 is 0 Å². The quantitative estimate of drug-likeness (QED) is 0.618. The van der Waals surface area contributed by atoms with Gasteiger partial charge in [-0.25, -0.2) is 8.42 Å². The molecular formula is C23H31BrN2O2S. The zero-order chi connectivity index (χ0) is 21.2. The molecule has 4 nitrogen and oxygen atoms in total. The lowest BCUT2D eigenvalue weighted by atomic mass is 9.87. The van der Waals surface area contributed by atoms with E-state index >= 15 is 0 Å². The molecule has 1 heterocycles. The standard InChI is InChI=1S/C23H31BrN2O2S/c1-5-19-16-21(24)10-11-22(19)29(27,28)26-14-12-25(13-15-26)17-18-6-8-20(9-7-18)23(2,3)4/h6-11,16H,5,12-15,17H2,1-4H3. The molecule has 29 heavy (non-hydrogen) atoms. The zero-order valence-electron chi connectivity index (χ0n) is 17.8. The first-order valence-electron chi connectivity index (χ1n) is 10.2. The van der Waals surface area contributed by atoms with Crippen LogP contribution in [0.5, 0.6) is 0 Å². The van der Waals surface area contributed by atoms with Crippen LogP contribution in [0, 0.1) is 0 Å². The predicted octanol–water partition coefficient (Wildman–Crippen LogP) is 4.82. The van der Waals surface area contributed by atoms with Gasteiger partial charge >= 0.3 is 0 Å². The average Bonchev–Trinajstić information content (AvgIpc) is 2.68. The van der Waals surface area contributed by atoms with E-state index in [1.165, 1.54) is 11.1 Å². The third-order valence-corrected chi connectivity index (χ3v) is 8.07. The van der Waals surface area contributed by atoms with Gasteiger partial charge in [0.2, 0.25) is 10.0 Å². The molecule has 2 aromatic rings. The van der Waals surface area contributed by atoms with Crippen molar-refractivity contribution in [2.24, 2.45) is 0 Å². The molecule has 1 aliphatic rings. The van der Waals surface area contributed by atoms with Crippen LogP contribution in [0.3, 0.4) is 0 Å². The van der Waals surface area contributed by atoms with E-state index in [1.807, 2.05) is 19.1 Å². The Labute approximate surface area is 184 Å². The number of hydrogen-bond donors (Lipinski definition) is 0. The third kappa shape index (κ3) is 5.29. The number of halogens is 1. The van der Waals surface area contributed by atoms with Gasteiger partial charge in [-0.2, -0.15) is 4.31 Å². The van der Waals surface area contributed by atoms with Gasteiger partial charge in [0.15, 0.2) is 0 Å². The van der Waals surface area contributed by atoms with Gasteiger partial charge in [-0.1, -0.05) is 67.9 Å². The normalized spacial score (nSPS) is 16.9. The molecule has 0 N–H and O–H groups in total. The summed E-state index contributed by atoms with van der Waals surface area (Å²) in [5.74, 6) is 0. The molecule has 1 aliphatic heterocycles. The SMILES string of the molecule is CCc1cc(Br)ccc1S(=O)(=O)N1CCN(Cc2ccc(C(C)(C)C)cc2)CC1. The second-order valence-corrected chi connectivity index (χ2v) is 11.6. The summed E-state index contributed by atoms with van der Waals surface area (Å²) in [6, 6.07) is 14.2. The van der Waals surface area contributed by atoms with Crippen LogP contribution in [0.2, 0.25) is 0 Å². The highest BCUT2D eigenvalue weighted by Gasteiger charge is 2.30. The van der Waals surface area contributed by atoms with Gasteiger partial charge in [0.05, 0.1) is 4.90 Å². The number of rotatable bonds is 5. The lowest BCUT2D eigenvalue weighted by molar-refractivity contribution is 0.181. The topological polar surface area (TPSA) is 40.6 Å². The Bertz CT molecular complexity index is 942. The van der Waals surface area contributed by atoms with E-state index in [2.05, 4.69) is 65.9 Å². The smallest absolute Gasteiger partial charge is 0.243 e. The molecular weight excluding hydrogens is 448 g/mol. The Hall–Kier alpha value is -1.21. The van der Waals surface area contributed by atoms with Crippen LogP contribution < -0.4 is 0 Å². The first-order valence-corrected chi connectivity index (χ1v) is 12.4. The Morgan fingerprint density at radius 3 is 2.14 bits per heavy atom. The number of hydrogen-bond acceptors (Lipinski definition) is 3. The molecule has 1 fully saturated rings. The number of benzene rings is 2. The van der Waals surface area contributed by atoms with Crippen LogP contribution in [-0.2, 0) is 28.4 Å². The van der Waals surface area contributed by atoms with Crippen molar-refractivity contribution in [3.8, 4) is 0 Å². The zero-order valence-corrected chi connectivity index (χ0v) is 20.2. The summed E-state index contributed by atoms with van der Waals surface area (Å²) in [5, 5.41) is 0. The molecule has 0 atom stereocenters. The van der Waals surface area contributed by atoms with Gasteiger partial charge in [0, 0.05) is 37.2 Å². The fourth-order valence-corrected chi connectivity index (χ4v) is 5.82. The minimum absolute atomic E-state index is 0.156. The van der Waals surface area contributed by atoms with Crippen molar-refractivity contribution in [3.63, 3.8) is 0 Å². The molecule has 0 saturated carbocycles. The van der Waals surface area contributed by atoms with Crippen LogP contribution in [0.4, 0.5) is 0 Å². The van der Waals surface area contributed by atoms with Crippen molar-refractivity contribution >= 4 is 26.0 Å². The highest BCUT2D eigenvalue weighted by molar-refractivity contribution is 9.10. The summed E-state index contributed by atoms with van der Waals surface area (Å²) in [4.78, 5) is 2.77. The van der Waals surface area contributed by atoms with Gasteiger partial charge in [-0.05, 0) is 46.7 Å². The summed E-state index contributed by atoms with van der Waals surface area (Å²) in [7, 11) is -3.45. The Morgan fingerprint density at radius 1 is 0.966 bits per heavy atom. The summed E-state index contributed by atoms with van der Waals surface area (Å²) in [6.07, 6.45) is 0.693. The maximum atomic E-state index is 13.2. The fraction of sp³-hybridized carbons (Fsp3) is 0.478. The third-order valence-electron chi connectivity index (χ3n) is 5.58. The number of nitrogens with zero attached hydrogens (tertiary/aromatic N) is 2. The summed E-state index contributed by atoms with van der Waals surface area (Å²) < 4.78 is 28.9. The fourth-order valence-electron chi connectivity index (χ4n) is 3.71. The van der Waals surface area contributed by atoms with Gasteiger partial charge in [0.1, 0.15) is 0 Å². The van der Waals surface area contributed by atoms with Gasteiger partial charge in [-0.15, -0.1) is 0 Å². The van der Waals surface area contributed by atoms with E-state index in [0.717, 1.165) is 29.7 Å². The lowest BCUT2D eigenvalue weighted by Crippen LogP contribution is -2.48. The first kappa shape index (κ1) is 22.5. The molecule has 1 saturated heterocycles. The van der Waals surface area contributed by atoms with Crippen molar-refractivity contribution in [1.82, 2.24) is 9.21 Å². The van der Waals surface area contributed by atoms with Crippen molar-refractivity contribution in [2.45, 2.75) is 51.0 Å². The largest absolute Gasteiger partial charge is 0.296 e. The van der Waals surface area contributed by atoms with Crippen molar-refractivity contribution in [3.05, 3.63) is 63.6 Å². The second-order valence-electron chi connectivity index (χ2n) is 8.73. The Balaban J connectivity index is 1.64. The van der Waals surface area contributed by atoms with Crippen LogP contribution >= 0.6 is 15.9 Å². The molecule has 6 heteroatoms. The predicted molar refractivity (Wildman–Crippen MR) is 123 cm³/mol. The highest BCUT2D eigenvalue weighted by atomic mass is 79.9. The molecule has 0 unspecified atom stereocenters. The van der Waals surface area contributed by atoms with E-state index in [-0.39, 0.29) is 5.41 Å². The minimum Gasteiger partial charge on any atom is -0.296 e. The van der Waals surface area contributed by atoms with Crippen molar-refractivity contribution in [2.75, 3.05) is 26.2 Å². The number of sulfonamides is 1. The molecule has 0 amide bonds.